The van der Waals surface area contributed by atoms with Crippen molar-refractivity contribution in [2.75, 3.05) is 13.2 Å². The molecule has 5 aromatic rings. The Hall–Kier alpha value is -4.16. The van der Waals surface area contributed by atoms with Crippen LogP contribution in [-0.4, -0.2) is 24.1 Å². The second-order valence-electron chi connectivity index (χ2n) is 8.37. The zero-order valence-electron chi connectivity index (χ0n) is 19.2. The van der Waals surface area contributed by atoms with Crippen LogP contribution in [0.15, 0.2) is 86.4 Å². The lowest BCUT2D eigenvalue weighted by Gasteiger charge is -2.08. The van der Waals surface area contributed by atoms with E-state index in [4.69, 9.17) is 18.7 Å². The Morgan fingerprint density at radius 3 is 2.57 bits per heavy atom. The van der Waals surface area contributed by atoms with E-state index in [0.717, 1.165) is 16.5 Å². The first-order chi connectivity index (χ1) is 17.1. The minimum absolute atomic E-state index is 0.116. The average Bonchev–Trinajstić information content (AvgIpc) is 3.27. The molecule has 6 heteroatoms. The van der Waals surface area contributed by atoms with Gasteiger partial charge in [0.2, 0.25) is 5.78 Å². The summed E-state index contributed by atoms with van der Waals surface area (Å²) < 4.78 is 17.5. The largest absolute Gasteiger partial charge is 0.494 e. The number of rotatable bonds is 8. The summed E-state index contributed by atoms with van der Waals surface area (Å²) in [5, 5.41) is 10.3. The van der Waals surface area contributed by atoms with Crippen LogP contribution in [-0.2, 0) is 0 Å². The summed E-state index contributed by atoms with van der Waals surface area (Å²) in [6.07, 6.45) is 1.37. The molecule has 176 valence electrons. The maximum Gasteiger partial charge on any atom is 0.336 e. The summed E-state index contributed by atoms with van der Waals surface area (Å²) in [4.78, 5) is 26.0. The molecule has 0 saturated carbocycles. The Balaban J connectivity index is 1.68. The lowest BCUT2D eigenvalue weighted by atomic mass is 9.96. The number of carbonyl (C=O) groups is 1. The van der Waals surface area contributed by atoms with E-state index in [0.29, 0.717) is 52.9 Å². The highest BCUT2D eigenvalue weighted by Gasteiger charge is 2.26. The van der Waals surface area contributed by atoms with E-state index in [2.05, 4.69) is 0 Å². The van der Waals surface area contributed by atoms with Crippen molar-refractivity contribution in [3.05, 3.63) is 100 Å². The second-order valence-corrected chi connectivity index (χ2v) is 8.37. The summed E-state index contributed by atoms with van der Waals surface area (Å²) in [5.41, 5.74) is 2.98. The molecule has 0 aliphatic carbocycles. The van der Waals surface area contributed by atoms with Crippen molar-refractivity contribution >= 4 is 27.7 Å². The number of aryl methyl sites for hydroxylation is 1. The first-order valence-corrected chi connectivity index (χ1v) is 11.5. The molecule has 0 spiro atoms. The van der Waals surface area contributed by atoms with E-state index in [-0.39, 0.29) is 18.2 Å². The summed E-state index contributed by atoms with van der Waals surface area (Å²) in [6.45, 7) is 2.42. The Kier molecular flexibility index (Phi) is 6.21. The lowest BCUT2D eigenvalue weighted by molar-refractivity contribution is 0.101. The maximum absolute atomic E-state index is 13.7. The molecule has 3 aromatic carbocycles. The lowest BCUT2D eigenvalue weighted by Crippen LogP contribution is -2.04. The molecule has 0 atom stereocenters. The molecule has 6 nitrogen and oxygen atoms in total. The number of ether oxygens (including phenoxy) is 1. The number of hydrogen-bond donors (Lipinski definition) is 1. The van der Waals surface area contributed by atoms with Crippen LogP contribution in [0, 0.1) is 6.92 Å². The molecule has 0 unspecified atom stereocenters. The molecule has 0 radical (unpaired) electrons. The molecule has 5 rings (SSSR count). The molecule has 0 aliphatic heterocycles. The number of ketones is 1. The van der Waals surface area contributed by atoms with Crippen LogP contribution >= 0.6 is 0 Å². The normalized spacial score (nSPS) is 11.3. The molecule has 35 heavy (non-hydrogen) atoms. The highest BCUT2D eigenvalue weighted by atomic mass is 16.5. The zero-order chi connectivity index (χ0) is 24.4. The molecule has 0 saturated heterocycles. The van der Waals surface area contributed by atoms with Crippen molar-refractivity contribution < 1.29 is 23.5 Å². The minimum Gasteiger partial charge on any atom is -0.494 e. The van der Waals surface area contributed by atoms with Crippen LogP contribution in [0.3, 0.4) is 0 Å². The number of benzene rings is 3. The van der Waals surface area contributed by atoms with Gasteiger partial charge in [0.05, 0.1) is 12.0 Å². The topological polar surface area (TPSA) is 89.9 Å². The van der Waals surface area contributed by atoms with Crippen LogP contribution < -0.4 is 10.4 Å². The SMILES string of the molecule is Cc1cc(=O)oc2c1ccc1oc(C(=O)c3cccc(OCCCCO)c3)c(-c3ccccc3)c12. The highest BCUT2D eigenvalue weighted by Crippen LogP contribution is 2.40. The second kappa shape index (κ2) is 9.60. The molecule has 1 N–H and O–H groups in total. The molecule has 0 bridgehead atoms. The zero-order valence-corrected chi connectivity index (χ0v) is 19.2. The molecule has 2 heterocycles. The standard InChI is InChI=1S/C29H24O6/c1-18-16-24(31)35-28-22(18)12-13-23-26(28)25(19-8-3-2-4-9-19)29(34-23)27(32)20-10-7-11-21(17-20)33-15-6-5-14-30/h2-4,7-13,16-17,30H,5-6,14-15H2,1H3. The summed E-state index contributed by atoms with van der Waals surface area (Å²) in [6, 6.07) is 21.5. The summed E-state index contributed by atoms with van der Waals surface area (Å²) in [7, 11) is 0. The van der Waals surface area contributed by atoms with E-state index in [1.807, 2.05) is 43.3 Å². The van der Waals surface area contributed by atoms with Gasteiger partial charge in [-0.15, -0.1) is 0 Å². The van der Waals surface area contributed by atoms with Crippen molar-refractivity contribution in [3.8, 4) is 16.9 Å². The van der Waals surface area contributed by atoms with Crippen molar-refractivity contribution in [2.24, 2.45) is 0 Å². The van der Waals surface area contributed by atoms with Gasteiger partial charge in [-0.3, -0.25) is 4.79 Å². The van der Waals surface area contributed by atoms with Crippen LogP contribution in [0.1, 0.15) is 34.5 Å². The predicted octanol–water partition coefficient (Wildman–Crippen LogP) is 5.90. The van der Waals surface area contributed by atoms with Gasteiger partial charge in [0.25, 0.3) is 0 Å². The van der Waals surface area contributed by atoms with Crippen molar-refractivity contribution in [1.29, 1.82) is 0 Å². The Morgan fingerprint density at radius 2 is 1.77 bits per heavy atom. The van der Waals surface area contributed by atoms with Gasteiger partial charge in [-0.25, -0.2) is 4.79 Å². The van der Waals surface area contributed by atoms with Gasteiger partial charge < -0.3 is 18.7 Å². The van der Waals surface area contributed by atoms with Crippen LogP contribution in [0.2, 0.25) is 0 Å². The van der Waals surface area contributed by atoms with E-state index in [1.54, 1.807) is 30.3 Å². The van der Waals surface area contributed by atoms with Gasteiger partial charge in [0.1, 0.15) is 16.9 Å². The average molecular weight is 469 g/mol. The van der Waals surface area contributed by atoms with Crippen molar-refractivity contribution in [1.82, 2.24) is 0 Å². The number of carbonyl (C=O) groups excluding carboxylic acids is 1. The molecule has 0 fully saturated rings. The summed E-state index contributed by atoms with van der Waals surface area (Å²) in [5.74, 6) is 0.433. The number of aliphatic hydroxyl groups excluding tert-OH is 1. The number of unbranched alkanes of at least 4 members (excludes halogenated alkanes) is 1. The third kappa shape index (κ3) is 4.36. The predicted molar refractivity (Wildman–Crippen MR) is 134 cm³/mol. The maximum atomic E-state index is 13.7. The van der Waals surface area contributed by atoms with Crippen LogP contribution in [0.25, 0.3) is 33.1 Å². The van der Waals surface area contributed by atoms with Gasteiger partial charge in [-0.1, -0.05) is 42.5 Å². The third-order valence-corrected chi connectivity index (χ3v) is 5.96. The minimum atomic E-state index is -0.457. The van der Waals surface area contributed by atoms with Gasteiger partial charge in [0, 0.05) is 29.2 Å². The van der Waals surface area contributed by atoms with Crippen LogP contribution in [0.4, 0.5) is 0 Å². The van der Waals surface area contributed by atoms with Gasteiger partial charge in [-0.05, 0) is 55.2 Å². The molecular weight excluding hydrogens is 444 g/mol. The number of hydrogen-bond acceptors (Lipinski definition) is 6. The fraction of sp³-hybridized carbons (Fsp3) is 0.172. The van der Waals surface area contributed by atoms with E-state index in [1.165, 1.54) is 6.07 Å². The molecule has 2 aromatic heterocycles. The van der Waals surface area contributed by atoms with Crippen molar-refractivity contribution in [3.63, 3.8) is 0 Å². The van der Waals surface area contributed by atoms with E-state index < -0.39 is 5.63 Å². The Morgan fingerprint density at radius 1 is 0.943 bits per heavy atom. The van der Waals surface area contributed by atoms with Gasteiger partial charge in [-0.2, -0.15) is 0 Å². The first-order valence-electron chi connectivity index (χ1n) is 11.5. The Bertz CT molecular complexity index is 1580. The molecular formula is C29H24O6. The molecule has 0 amide bonds. The van der Waals surface area contributed by atoms with Gasteiger partial charge >= 0.3 is 5.63 Å². The molecule has 0 aliphatic rings. The van der Waals surface area contributed by atoms with Gasteiger partial charge in [0.15, 0.2) is 5.76 Å². The highest BCUT2D eigenvalue weighted by molar-refractivity contribution is 6.20. The van der Waals surface area contributed by atoms with E-state index >= 15 is 0 Å². The Labute approximate surface area is 201 Å². The van der Waals surface area contributed by atoms with E-state index in [9.17, 15) is 9.59 Å². The smallest absolute Gasteiger partial charge is 0.336 e. The fourth-order valence-corrected chi connectivity index (χ4v) is 4.26. The number of fused-ring (bicyclic) bond motifs is 3. The third-order valence-electron chi connectivity index (χ3n) is 5.96. The fourth-order valence-electron chi connectivity index (χ4n) is 4.26. The summed E-state index contributed by atoms with van der Waals surface area (Å²) >= 11 is 0. The number of furan rings is 1. The quantitative estimate of drug-likeness (QED) is 0.173. The monoisotopic (exact) mass is 468 g/mol. The first kappa shape index (κ1) is 22.6. The van der Waals surface area contributed by atoms with Crippen molar-refractivity contribution in [2.45, 2.75) is 19.8 Å². The van der Waals surface area contributed by atoms with Crippen LogP contribution in [0.5, 0.6) is 5.75 Å². The number of aliphatic hydroxyl groups is 1.